The van der Waals surface area contributed by atoms with E-state index >= 15 is 0 Å². The van der Waals surface area contributed by atoms with Crippen LogP contribution in [0.4, 0.5) is 0 Å². The van der Waals surface area contributed by atoms with E-state index in [1.807, 2.05) is 30.3 Å². The number of ether oxygens (including phenoxy) is 1. The minimum Gasteiger partial charge on any atom is -0.489 e. The number of benzene rings is 2. The number of hydrogen-bond donors (Lipinski definition) is 2. The molecule has 2 aromatic carbocycles. The highest BCUT2D eigenvalue weighted by atomic mass is 16.5. The highest BCUT2D eigenvalue weighted by molar-refractivity contribution is 5.78. The summed E-state index contributed by atoms with van der Waals surface area (Å²) in [6.07, 6.45) is 1.74. The van der Waals surface area contributed by atoms with E-state index in [1.54, 1.807) is 0 Å². The SMILES string of the molecule is O=C(NCCO)C1CCN(Cc2ccc(OCc3ccccc3)cc2)CC1. The van der Waals surface area contributed by atoms with Gasteiger partial charge in [0.25, 0.3) is 0 Å². The molecule has 144 valence electrons. The molecule has 1 fully saturated rings. The van der Waals surface area contributed by atoms with Gasteiger partial charge in [-0.25, -0.2) is 0 Å². The number of piperidine rings is 1. The quantitative estimate of drug-likeness (QED) is 0.752. The molecule has 0 aromatic heterocycles. The van der Waals surface area contributed by atoms with Crippen LogP contribution in [-0.4, -0.2) is 42.2 Å². The number of amides is 1. The van der Waals surface area contributed by atoms with Gasteiger partial charge in [0.15, 0.2) is 0 Å². The zero-order chi connectivity index (χ0) is 18.9. The molecule has 5 heteroatoms. The number of hydrogen-bond acceptors (Lipinski definition) is 4. The lowest BCUT2D eigenvalue weighted by atomic mass is 9.95. The average molecular weight is 368 g/mol. The highest BCUT2D eigenvalue weighted by Crippen LogP contribution is 2.20. The molecule has 1 amide bonds. The van der Waals surface area contributed by atoms with Crippen molar-refractivity contribution in [3.63, 3.8) is 0 Å². The summed E-state index contributed by atoms with van der Waals surface area (Å²) in [5, 5.41) is 11.6. The third-order valence-electron chi connectivity index (χ3n) is 4.95. The first-order chi connectivity index (χ1) is 13.2. The summed E-state index contributed by atoms with van der Waals surface area (Å²) in [5.74, 6) is 1.02. The van der Waals surface area contributed by atoms with Crippen molar-refractivity contribution in [1.29, 1.82) is 0 Å². The predicted octanol–water partition coefficient (Wildman–Crippen LogP) is 2.59. The van der Waals surface area contributed by atoms with E-state index in [0.717, 1.165) is 43.8 Å². The second kappa shape index (κ2) is 10.1. The third-order valence-corrected chi connectivity index (χ3v) is 4.95. The number of aliphatic hydroxyl groups excluding tert-OH is 1. The van der Waals surface area contributed by atoms with Gasteiger partial charge in [0.05, 0.1) is 6.61 Å². The first-order valence-corrected chi connectivity index (χ1v) is 9.61. The van der Waals surface area contributed by atoms with Crippen molar-refractivity contribution in [1.82, 2.24) is 10.2 Å². The lowest BCUT2D eigenvalue weighted by Gasteiger charge is -2.31. The van der Waals surface area contributed by atoms with Crippen molar-refractivity contribution in [2.75, 3.05) is 26.2 Å². The number of nitrogens with zero attached hydrogens (tertiary/aromatic N) is 1. The van der Waals surface area contributed by atoms with Crippen LogP contribution in [0.25, 0.3) is 0 Å². The van der Waals surface area contributed by atoms with E-state index in [-0.39, 0.29) is 18.4 Å². The van der Waals surface area contributed by atoms with Crippen LogP contribution in [0.2, 0.25) is 0 Å². The number of likely N-dealkylation sites (tertiary alicyclic amines) is 1. The van der Waals surface area contributed by atoms with E-state index in [2.05, 4.69) is 34.5 Å². The topological polar surface area (TPSA) is 61.8 Å². The van der Waals surface area contributed by atoms with Crippen LogP contribution in [0.1, 0.15) is 24.0 Å². The maximum absolute atomic E-state index is 12.0. The van der Waals surface area contributed by atoms with Gasteiger partial charge in [-0.3, -0.25) is 9.69 Å². The number of carbonyl (C=O) groups excluding carboxylic acids is 1. The fourth-order valence-corrected chi connectivity index (χ4v) is 3.37. The number of rotatable bonds is 8. The fraction of sp³-hybridized carbons (Fsp3) is 0.409. The summed E-state index contributed by atoms with van der Waals surface area (Å²) in [4.78, 5) is 14.4. The Labute approximate surface area is 161 Å². The van der Waals surface area contributed by atoms with E-state index in [4.69, 9.17) is 9.84 Å². The molecule has 5 nitrogen and oxygen atoms in total. The van der Waals surface area contributed by atoms with Crippen molar-refractivity contribution in [3.8, 4) is 5.75 Å². The van der Waals surface area contributed by atoms with Gasteiger partial charge in [-0.05, 0) is 49.2 Å². The molecule has 0 unspecified atom stereocenters. The molecule has 27 heavy (non-hydrogen) atoms. The standard InChI is InChI=1S/C22H28N2O3/c25-15-12-23-22(26)20-10-13-24(14-11-20)16-18-6-8-21(9-7-18)27-17-19-4-2-1-3-5-19/h1-9,20,25H,10-17H2,(H,23,26). The Kier molecular flexibility index (Phi) is 7.25. The van der Waals surface area contributed by atoms with Crippen LogP contribution in [0.3, 0.4) is 0 Å². The highest BCUT2D eigenvalue weighted by Gasteiger charge is 2.24. The van der Waals surface area contributed by atoms with Crippen molar-refractivity contribution in [2.45, 2.75) is 26.0 Å². The Hall–Kier alpha value is -2.37. The normalized spacial score (nSPS) is 15.4. The molecule has 0 bridgehead atoms. The van der Waals surface area contributed by atoms with Gasteiger partial charge < -0.3 is 15.2 Å². The summed E-state index contributed by atoms with van der Waals surface area (Å²) in [7, 11) is 0. The first-order valence-electron chi connectivity index (χ1n) is 9.61. The van der Waals surface area contributed by atoms with E-state index in [0.29, 0.717) is 13.2 Å². The zero-order valence-electron chi connectivity index (χ0n) is 15.6. The predicted molar refractivity (Wildman–Crippen MR) is 105 cm³/mol. The number of carbonyl (C=O) groups is 1. The Morgan fingerprint density at radius 2 is 1.74 bits per heavy atom. The van der Waals surface area contributed by atoms with Crippen LogP contribution in [-0.2, 0) is 17.9 Å². The Bertz CT molecular complexity index is 695. The van der Waals surface area contributed by atoms with Gasteiger partial charge in [-0.15, -0.1) is 0 Å². The molecule has 1 aliphatic heterocycles. The largest absolute Gasteiger partial charge is 0.489 e. The summed E-state index contributed by atoms with van der Waals surface area (Å²) in [6.45, 7) is 3.65. The summed E-state index contributed by atoms with van der Waals surface area (Å²) in [6, 6.07) is 18.4. The Morgan fingerprint density at radius 3 is 2.41 bits per heavy atom. The van der Waals surface area contributed by atoms with Crippen LogP contribution in [0, 0.1) is 5.92 Å². The second-order valence-corrected chi connectivity index (χ2v) is 6.98. The fourth-order valence-electron chi connectivity index (χ4n) is 3.37. The molecular weight excluding hydrogens is 340 g/mol. The van der Waals surface area contributed by atoms with Crippen LogP contribution in [0.15, 0.2) is 54.6 Å². The van der Waals surface area contributed by atoms with Crippen LogP contribution in [0.5, 0.6) is 5.75 Å². The minimum absolute atomic E-state index is 0.00432. The molecule has 2 aromatic rings. The molecule has 1 heterocycles. The van der Waals surface area contributed by atoms with Gasteiger partial charge in [0.1, 0.15) is 12.4 Å². The van der Waals surface area contributed by atoms with Crippen LogP contribution >= 0.6 is 0 Å². The van der Waals surface area contributed by atoms with E-state index < -0.39 is 0 Å². The lowest BCUT2D eigenvalue weighted by molar-refractivity contribution is -0.126. The maximum Gasteiger partial charge on any atom is 0.223 e. The lowest BCUT2D eigenvalue weighted by Crippen LogP contribution is -2.40. The smallest absolute Gasteiger partial charge is 0.223 e. The van der Waals surface area contributed by atoms with Crippen molar-refractivity contribution in [3.05, 3.63) is 65.7 Å². The second-order valence-electron chi connectivity index (χ2n) is 6.98. The van der Waals surface area contributed by atoms with Crippen molar-refractivity contribution in [2.24, 2.45) is 5.92 Å². The summed E-state index contributed by atoms with van der Waals surface area (Å²) in [5.41, 5.74) is 2.41. The van der Waals surface area contributed by atoms with Gasteiger partial charge >= 0.3 is 0 Å². The monoisotopic (exact) mass is 368 g/mol. The maximum atomic E-state index is 12.0. The molecular formula is C22H28N2O3. The van der Waals surface area contributed by atoms with Crippen molar-refractivity contribution < 1.29 is 14.6 Å². The molecule has 0 radical (unpaired) electrons. The molecule has 0 saturated carbocycles. The van der Waals surface area contributed by atoms with Gasteiger partial charge in [0, 0.05) is 19.0 Å². The number of aliphatic hydroxyl groups is 1. The van der Waals surface area contributed by atoms with Gasteiger partial charge in [-0.2, -0.15) is 0 Å². The van der Waals surface area contributed by atoms with Crippen LogP contribution < -0.4 is 10.1 Å². The molecule has 0 aliphatic carbocycles. The van der Waals surface area contributed by atoms with E-state index in [1.165, 1.54) is 5.56 Å². The minimum atomic E-state index is -0.00432. The molecule has 2 N–H and O–H groups in total. The van der Waals surface area contributed by atoms with Gasteiger partial charge in [0.2, 0.25) is 5.91 Å². The summed E-state index contributed by atoms with van der Waals surface area (Å²) >= 11 is 0. The first kappa shape index (κ1) is 19.4. The molecule has 1 aliphatic rings. The average Bonchev–Trinajstić information content (AvgIpc) is 2.73. The zero-order valence-corrected chi connectivity index (χ0v) is 15.6. The van der Waals surface area contributed by atoms with Gasteiger partial charge in [-0.1, -0.05) is 42.5 Å². The molecule has 3 rings (SSSR count). The number of nitrogens with one attached hydrogen (secondary N) is 1. The molecule has 1 saturated heterocycles. The summed E-state index contributed by atoms with van der Waals surface area (Å²) < 4.78 is 5.83. The Morgan fingerprint density at radius 1 is 1.04 bits per heavy atom. The molecule has 0 atom stereocenters. The van der Waals surface area contributed by atoms with E-state index in [9.17, 15) is 4.79 Å². The Balaban J connectivity index is 1.42. The van der Waals surface area contributed by atoms with Crippen molar-refractivity contribution >= 4 is 5.91 Å². The molecule has 0 spiro atoms. The third kappa shape index (κ3) is 6.08.